The second kappa shape index (κ2) is 8.09. The number of carbonyl (C=O) groups is 3. The van der Waals surface area contributed by atoms with Crippen molar-refractivity contribution in [1.82, 2.24) is 5.06 Å². The highest BCUT2D eigenvalue weighted by Crippen LogP contribution is 2.13. The van der Waals surface area contributed by atoms with Crippen molar-refractivity contribution in [3.8, 4) is 5.75 Å². The predicted molar refractivity (Wildman–Crippen MR) is 80.0 cm³/mol. The Hall–Kier alpha value is -2.67. The Morgan fingerprint density at radius 1 is 1.13 bits per heavy atom. The Kier molecular flexibility index (Phi) is 5.87. The van der Waals surface area contributed by atoms with Crippen LogP contribution in [0.3, 0.4) is 0 Å². The Balaban J connectivity index is 1.61. The van der Waals surface area contributed by atoms with Gasteiger partial charge in [-0.15, -0.1) is 5.06 Å². The number of amides is 2. The molecule has 0 unspecified atom stereocenters. The van der Waals surface area contributed by atoms with E-state index >= 15 is 0 Å². The average Bonchev–Trinajstić information content (AvgIpc) is 2.87. The van der Waals surface area contributed by atoms with E-state index in [4.69, 9.17) is 9.47 Å². The molecule has 0 spiro atoms. The summed E-state index contributed by atoms with van der Waals surface area (Å²) in [5.41, 5.74) is 0.988. The maximum absolute atomic E-state index is 11.5. The van der Waals surface area contributed by atoms with Crippen molar-refractivity contribution in [3.63, 3.8) is 0 Å². The van der Waals surface area contributed by atoms with Gasteiger partial charge in [0, 0.05) is 12.8 Å². The number of carbonyl (C=O) groups excluding carboxylic acids is 3. The monoisotopic (exact) mass is 319 g/mol. The Labute approximate surface area is 133 Å². The molecule has 2 rings (SSSR count). The zero-order valence-electron chi connectivity index (χ0n) is 12.5. The van der Waals surface area contributed by atoms with Crippen molar-refractivity contribution in [2.24, 2.45) is 0 Å². The van der Waals surface area contributed by atoms with E-state index in [0.717, 1.165) is 5.56 Å². The SMILES string of the molecule is C=Cc1ccc(OCCOCC(=O)ON2C(=O)CCC2=O)cc1. The molecule has 0 saturated carbocycles. The number of hydrogen-bond acceptors (Lipinski definition) is 6. The molecule has 7 nitrogen and oxygen atoms in total. The van der Waals surface area contributed by atoms with Gasteiger partial charge in [0.05, 0.1) is 6.61 Å². The van der Waals surface area contributed by atoms with E-state index in [-0.39, 0.29) is 32.7 Å². The van der Waals surface area contributed by atoms with Crippen LogP contribution in [0.2, 0.25) is 0 Å². The Bertz CT molecular complexity index is 579. The molecule has 0 radical (unpaired) electrons. The van der Waals surface area contributed by atoms with Gasteiger partial charge in [-0.3, -0.25) is 9.59 Å². The lowest BCUT2D eigenvalue weighted by Gasteiger charge is -2.12. The molecule has 1 aliphatic rings. The van der Waals surface area contributed by atoms with Crippen LogP contribution >= 0.6 is 0 Å². The fourth-order valence-electron chi connectivity index (χ4n) is 1.86. The van der Waals surface area contributed by atoms with Crippen LogP contribution < -0.4 is 4.74 Å². The molecule has 1 aromatic rings. The van der Waals surface area contributed by atoms with E-state index in [1.807, 2.05) is 12.1 Å². The molecular formula is C16H17NO6. The second-order valence-electron chi connectivity index (χ2n) is 4.72. The zero-order chi connectivity index (χ0) is 16.7. The number of benzene rings is 1. The molecule has 0 aliphatic carbocycles. The van der Waals surface area contributed by atoms with Gasteiger partial charge in [0.2, 0.25) is 0 Å². The third kappa shape index (κ3) is 4.93. The van der Waals surface area contributed by atoms with E-state index in [1.54, 1.807) is 18.2 Å². The third-order valence-electron chi connectivity index (χ3n) is 3.03. The summed E-state index contributed by atoms with van der Waals surface area (Å²) in [5, 5.41) is 0.489. The molecule has 1 aliphatic heterocycles. The number of nitrogens with zero attached hydrogens (tertiary/aromatic N) is 1. The summed E-state index contributed by atoms with van der Waals surface area (Å²) in [7, 11) is 0. The Morgan fingerprint density at radius 3 is 2.39 bits per heavy atom. The standard InChI is InChI=1S/C16H17NO6/c1-2-12-3-5-13(6-4-12)22-10-9-21-11-16(20)23-17-14(18)7-8-15(17)19/h2-6H,1,7-11H2. The van der Waals surface area contributed by atoms with Crippen LogP contribution in [-0.2, 0) is 24.0 Å². The van der Waals surface area contributed by atoms with Gasteiger partial charge in [-0.25, -0.2) is 4.79 Å². The minimum absolute atomic E-state index is 0.0610. The van der Waals surface area contributed by atoms with Gasteiger partial charge in [0.15, 0.2) is 0 Å². The van der Waals surface area contributed by atoms with Crippen LogP contribution in [0.1, 0.15) is 18.4 Å². The number of imide groups is 1. The van der Waals surface area contributed by atoms with Crippen LogP contribution in [0.25, 0.3) is 6.08 Å². The van der Waals surface area contributed by atoms with E-state index in [1.165, 1.54) is 0 Å². The summed E-state index contributed by atoms with van der Waals surface area (Å²) < 4.78 is 10.5. The molecule has 1 fully saturated rings. The number of rotatable bonds is 8. The summed E-state index contributed by atoms with van der Waals surface area (Å²) in [6.45, 7) is 3.71. The van der Waals surface area contributed by atoms with E-state index < -0.39 is 17.8 Å². The lowest BCUT2D eigenvalue weighted by Crippen LogP contribution is -2.33. The fraction of sp³-hybridized carbons (Fsp3) is 0.312. The number of hydrogen-bond donors (Lipinski definition) is 0. The maximum Gasteiger partial charge on any atom is 0.358 e. The molecule has 0 atom stereocenters. The molecule has 1 heterocycles. The average molecular weight is 319 g/mol. The van der Waals surface area contributed by atoms with Crippen LogP contribution in [0.15, 0.2) is 30.8 Å². The minimum atomic E-state index is -0.802. The predicted octanol–water partition coefficient (Wildman–Crippen LogP) is 1.33. The van der Waals surface area contributed by atoms with Crippen LogP contribution in [0.5, 0.6) is 5.75 Å². The van der Waals surface area contributed by atoms with Gasteiger partial charge >= 0.3 is 5.97 Å². The van der Waals surface area contributed by atoms with Crippen LogP contribution in [0.4, 0.5) is 0 Å². The Morgan fingerprint density at radius 2 is 1.78 bits per heavy atom. The van der Waals surface area contributed by atoms with Crippen molar-refractivity contribution >= 4 is 23.9 Å². The highest BCUT2D eigenvalue weighted by molar-refractivity contribution is 6.01. The number of ether oxygens (including phenoxy) is 2. The van der Waals surface area contributed by atoms with Crippen molar-refractivity contribution in [2.45, 2.75) is 12.8 Å². The smallest absolute Gasteiger partial charge is 0.358 e. The molecule has 0 N–H and O–H groups in total. The van der Waals surface area contributed by atoms with Gasteiger partial charge in [0.1, 0.15) is 19.0 Å². The van der Waals surface area contributed by atoms with Gasteiger partial charge in [-0.05, 0) is 17.7 Å². The van der Waals surface area contributed by atoms with Gasteiger partial charge < -0.3 is 14.3 Å². The summed E-state index contributed by atoms with van der Waals surface area (Å²) in [6.07, 6.45) is 1.85. The topological polar surface area (TPSA) is 82.1 Å². The quantitative estimate of drug-likeness (QED) is 0.531. The number of hydroxylamine groups is 2. The summed E-state index contributed by atoms with van der Waals surface area (Å²) in [5.74, 6) is -1.16. The normalized spacial score (nSPS) is 14.0. The van der Waals surface area contributed by atoms with Crippen LogP contribution in [0, 0.1) is 0 Å². The molecule has 0 bridgehead atoms. The van der Waals surface area contributed by atoms with Gasteiger partial charge in [-0.2, -0.15) is 0 Å². The van der Waals surface area contributed by atoms with Gasteiger partial charge in [-0.1, -0.05) is 24.8 Å². The first-order valence-electron chi connectivity index (χ1n) is 7.10. The summed E-state index contributed by atoms with van der Waals surface area (Å²) in [6, 6.07) is 7.33. The highest BCUT2D eigenvalue weighted by atomic mass is 16.7. The largest absolute Gasteiger partial charge is 0.491 e. The molecule has 23 heavy (non-hydrogen) atoms. The van der Waals surface area contributed by atoms with E-state index in [0.29, 0.717) is 10.8 Å². The molecule has 2 amide bonds. The molecule has 7 heteroatoms. The van der Waals surface area contributed by atoms with Crippen molar-refractivity contribution < 1.29 is 28.7 Å². The maximum atomic E-state index is 11.5. The first kappa shape index (κ1) is 16.7. The molecular weight excluding hydrogens is 302 g/mol. The van der Waals surface area contributed by atoms with Crippen molar-refractivity contribution in [3.05, 3.63) is 36.4 Å². The van der Waals surface area contributed by atoms with E-state index in [2.05, 4.69) is 11.4 Å². The lowest BCUT2D eigenvalue weighted by atomic mass is 10.2. The molecule has 122 valence electrons. The van der Waals surface area contributed by atoms with Gasteiger partial charge in [0.25, 0.3) is 11.8 Å². The zero-order valence-corrected chi connectivity index (χ0v) is 12.5. The minimum Gasteiger partial charge on any atom is -0.491 e. The lowest BCUT2D eigenvalue weighted by molar-refractivity contribution is -0.200. The van der Waals surface area contributed by atoms with Crippen molar-refractivity contribution in [1.29, 1.82) is 0 Å². The summed E-state index contributed by atoms with van der Waals surface area (Å²) in [4.78, 5) is 38.6. The fourth-order valence-corrected chi connectivity index (χ4v) is 1.86. The van der Waals surface area contributed by atoms with Crippen molar-refractivity contribution in [2.75, 3.05) is 19.8 Å². The first-order chi connectivity index (χ1) is 11.1. The molecule has 1 aromatic carbocycles. The van der Waals surface area contributed by atoms with E-state index in [9.17, 15) is 14.4 Å². The van der Waals surface area contributed by atoms with Crippen LogP contribution in [-0.4, -0.2) is 42.7 Å². The first-order valence-corrected chi connectivity index (χ1v) is 7.10. The summed E-state index contributed by atoms with van der Waals surface area (Å²) >= 11 is 0. The second-order valence-corrected chi connectivity index (χ2v) is 4.72. The third-order valence-corrected chi connectivity index (χ3v) is 3.03. The molecule has 1 saturated heterocycles. The molecule has 0 aromatic heterocycles. The highest BCUT2D eigenvalue weighted by Gasteiger charge is 2.32.